The number of nitrogens with zero attached hydrogens (tertiary/aromatic N) is 2. The molecule has 2 fully saturated rings. The summed E-state index contributed by atoms with van der Waals surface area (Å²) in [5, 5.41) is 5.11. The lowest BCUT2D eigenvalue weighted by Crippen LogP contribution is -2.43. The third-order valence-corrected chi connectivity index (χ3v) is 6.75. The number of morpholine rings is 1. The Morgan fingerprint density at radius 2 is 1.88 bits per heavy atom. The summed E-state index contributed by atoms with van der Waals surface area (Å²) in [5.74, 6) is -0.139. The molecule has 3 aromatic rings. The topological polar surface area (TPSA) is 63.6 Å². The van der Waals surface area contributed by atoms with E-state index in [1.807, 2.05) is 24.3 Å². The van der Waals surface area contributed by atoms with Gasteiger partial charge in [0.05, 0.1) is 12.6 Å². The first-order valence-electron chi connectivity index (χ1n) is 11.2. The molecule has 1 saturated heterocycles. The predicted molar refractivity (Wildman–Crippen MR) is 125 cm³/mol. The van der Waals surface area contributed by atoms with Gasteiger partial charge in [-0.2, -0.15) is 0 Å². The van der Waals surface area contributed by atoms with Gasteiger partial charge in [-0.15, -0.1) is 0 Å². The first-order valence-corrected chi connectivity index (χ1v) is 11.5. The average Bonchev–Trinajstić information content (AvgIpc) is 3.23. The van der Waals surface area contributed by atoms with Crippen molar-refractivity contribution in [3.8, 4) is 0 Å². The van der Waals surface area contributed by atoms with Crippen LogP contribution < -0.4 is 10.2 Å². The molecule has 5 rings (SSSR count). The molecule has 0 bridgehead atoms. The summed E-state index contributed by atoms with van der Waals surface area (Å²) in [6.07, 6.45) is 6.32. The number of hydrogen-bond acceptors (Lipinski definition) is 3. The number of aromatic nitrogens is 1. The van der Waals surface area contributed by atoms with E-state index in [-0.39, 0.29) is 30.5 Å². The van der Waals surface area contributed by atoms with Crippen molar-refractivity contribution in [3.63, 3.8) is 0 Å². The van der Waals surface area contributed by atoms with Crippen molar-refractivity contribution in [3.05, 3.63) is 65.3 Å². The Balaban J connectivity index is 1.32. The largest absolute Gasteiger partial charge is 0.370 e. The SMILES string of the molecule is O=C(NC1CCCCC1n1ccc2cc(Cl)ccc21)c1ccc(N2CCOCC2=O)cc1. The standard InChI is InChI=1S/C25H26ClN3O3/c26-19-7-10-22-18(15-19)11-12-29(22)23-4-2-1-3-21(23)27-25(31)17-5-8-20(9-6-17)28-13-14-32-16-24(28)30/h5-12,15,21,23H,1-4,13-14,16H2,(H,27,31). The van der Waals surface area contributed by atoms with Crippen LogP contribution in [-0.4, -0.2) is 42.2 Å². The molecule has 1 saturated carbocycles. The maximum absolute atomic E-state index is 13.0. The van der Waals surface area contributed by atoms with Crippen molar-refractivity contribution < 1.29 is 14.3 Å². The first kappa shape index (κ1) is 21.0. The third kappa shape index (κ3) is 4.12. The lowest BCUT2D eigenvalue weighted by Gasteiger charge is -2.34. The minimum atomic E-state index is -0.0822. The van der Waals surface area contributed by atoms with Crippen LogP contribution in [-0.2, 0) is 9.53 Å². The summed E-state index contributed by atoms with van der Waals surface area (Å²) in [4.78, 5) is 26.8. The Bertz CT molecular complexity index is 1140. The van der Waals surface area contributed by atoms with Crippen LogP contribution in [0.3, 0.4) is 0 Å². The van der Waals surface area contributed by atoms with E-state index in [2.05, 4.69) is 28.2 Å². The predicted octanol–water partition coefficient (Wildman–Crippen LogP) is 4.57. The van der Waals surface area contributed by atoms with E-state index < -0.39 is 0 Å². The molecule has 0 radical (unpaired) electrons. The third-order valence-electron chi connectivity index (χ3n) is 6.51. The Morgan fingerprint density at radius 1 is 1.06 bits per heavy atom. The van der Waals surface area contributed by atoms with Gasteiger partial charge in [0.1, 0.15) is 6.61 Å². The Hall–Kier alpha value is -2.83. The Labute approximate surface area is 192 Å². The Morgan fingerprint density at radius 3 is 2.69 bits per heavy atom. The van der Waals surface area contributed by atoms with Gasteiger partial charge >= 0.3 is 0 Å². The van der Waals surface area contributed by atoms with Crippen LogP contribution in [0.15, 0.2) is 54.7 Å². The molecule has 1 N–H and O–H groups in total. The summed E-state index contributed by atoms with van der Waals surface area (Å²) in [6, 6.07) is 15.5. The molecule has 2 unspecified atom stereocenters. The van der Waals surface area contributed by atoms with Gasteiger partial charge < -0.3 is 19.5 Å². The highest BCUT2D eigenvalue weighted by molar-refractivity contribution is 6.31. The molecule has 2 amide bonds. The van der Waals surface area contributed by atoms with Gasteiger partial charge in [0.25, 0.3) is 11.8 Å². The van der Waals surface area contributed by atoms with Gasteiger partial charge in [0.15, 0.2) is 0 Å². The number of carbonyl (C=O) groups excluding carboxylic acids is 2. The fourth-order valence-corrected chi connectivity index (χ4v) is 5.05. The molecule has 2 heterocycles. The zero-order valence-electron chi connectivity index (χ0n) is 17.8. The average molecular weight is 452 g/mol. The van der Waals surface area contributed by atoms with Gasteiger partial charge in [0.2, 0.25) is 0 Å². The number of amides is 2. The second kappa shape index (κ2) is 8.96. The highest BCUT2D eigenvalue weighted by Crippen LogP contribution is 2.33. The van der Waals surface area contributed by atoms with Crippen molar-refractivity contribution in [2.75, 3.05) is 24.7 Å². The van der Waals surface area contributed by atoms with Crippen LogP contribution in [0.25, 0.3) is 10.9 Å². The second-order valence-corrected chi connectivity index (χ2v) is 8.94. The van der Waals surface area contributed by atoms with Crippen molar-refractivity contribution >= 4 is 40.0 Å². The number of halogens is 1. The van der Waals surface area contributed by atoms with Crippen LogP contribution in [0.4, 0.5) is 5.69 Å². The maximum atomic E-state index is 13.0. The number of benzene rings is 2. The zero-order chi connectivity index (χ0) is 22.1. The number of carbonyl (C=O) groups is 2. The van der Waals surface area contributed by atoms with Gasteiger partial charge in [0, 0.05) is 46.0 Å². The molecule has 7 heteroatoms. The van der Waals surface area contributed by atoms with Crippen molar-refractivity contribution in [1.82, 2.24) is 9.88 Å². The van der Waals surface area contributed by atoms with E-state index in [4.69, 9.17) is 16.3 Å². The minimum absolute atomic E-state index is 0.0567. The van der Waals surface area contributed by atoms with Crippen molar-refractivity contribution in [2.24, 2.45) is 0 Å². The molecule has 2 atom stereocenters. The molecule has 2 aliphatic rings. The van der Waals surface area contributed by atoms with Gasteiger partial charge in [-0.1, -0.05) is 24.4 Å². The van der Waals surface area contributed by atoms with E-state index in [0.717, 1.165) is 47.3 Å². The monoisotopic (exact) mass is 451 g/mol. The lowest BCUT2D eigenvalue weighted by atomic mass is 9.89. The fourth-order valence-electron chi connectivity index (χ4n) is 4.87. The molecule has 2 aromatic carbocycles. The number of hydrogen-bond donors (Lipinski definition) is 1. The van der Waals surface area contributed by atoms with Gasteiger partial charge in [-0.25, -0.2) is 0 Å². The van der Waals surface area contributed by atoms with E-state index in [0.29, 0.717) is 18.7 Å². The van der Waals surface area contributed by atoms with Crippen LogP contribution in [0.5, 0.6) is 0 Å². The highest BCUT2D eigenvalue weighted by Gasteiger charge is 2.29. The van der Waals surface area contributed by atoms with Crippen molar-refractivity contribution in [2.45, 2.75) is 37.8 Å². The summed E-state index contributed by atoms with van der Waals surface area (Å²) in [6.45, 7) is 1.16. The molecule has 0 spiro atoms. The second-order valence-electron chi connectivity index (χ2n) is 8.50. The number of nitrogens with one attached hydrogen (secondary N) is 1. The highest BCUT2D eigenvalue weighted by atomic mass is 35.5. The van der Waals surface area contributed by atoms with Gasteiger partial charge in [-0.3, -0.25) is 9.59 Å². The molecule has 1 aliphatic carbocycles. The minimum Gasteiger partial charge on any atom is -0.370 e. The summed E-state index contributed by atoms with van der Waals surface area (Å²) in [5.41, 5.74) is 2.53. The lowest BCUT2D eigenvalue weighted by molar-refractivity contribution is -0.125. The van der Waals surface area contributed by atoms with E-state index in [1.54, 1.807) is 17.0 Å². The van der Waals surface area contributed by atoms with Crippen molar-refractivity contribution in [1.29, 1.82) is 0 Å². The zero-order valence-corrected chi connectivity index (χ0v) is 18.6. The number of ether oxygens (including phenoxy) is 1. The Kier molecular flexibility index (Phi) is 5.89. The first-order chi connectivity index (χ1) is 15.6. The fraction of sp³-hybridized carbons (Fsp3) is 0.360. The van der Waals surface area contributed by atoms with E-state index in [1.165, 1.54) is 0 Å². The number of rotatable bonds is 4. The molecule has 166 valence electrons. The summed E-state index contributed by atoms with van der Waals surface area (Å²) < 4.78 is 7.47. The maximum Gasteiger partial charge on any atom is 0.253 e. The molecular formula is C25H26ClN3O3. The number of fused-ring (bicyclic) bond motifs is 1. The normalized spacial score (nSPS) is 21.7. The molecule has 6 nitrogen and oxygen atoms in total. The van der Waals surface area contributed by atoms with Crippen LogP contribution in [0.1, 0.15) is 42.1 Å². The summed E-state index contributed by atoms with van der Waals surface area (Å²) in [7, 11) is 0. The summed E-state index contributed by atoms with van der Waals surface area (Å²) >= 11 is 6.15. The molecule has 1 aromatic heterocycles. The smallest absolute Gasteiger partial charge is 0.253 e. The quantitative estimate of drug-likeness (QED) is 0.631. The van der Waals surface area contributed by atoms with Gasteiger partial charge in [-0.05, 0) is 61.4 Å². The number of anilines is 1. The molecule has 32 heavy (non-hydrogen) atoms. The van der Waals surface area contributed by atoms with E-state index >= 15 is 0 Å². The molecular weight excluding hydrogens is 426 g/mol. The molecule has 1 aliphatic heterocycles. The van der Waals surface area contributed by atoms with Crippen LogP contribution in [0.2, 0.25) is 5.02 Å². The van der Waals surface area contributed by atoms with E-state index in [9.17, 15) is 9.59 Å². The van der Waals surface area contributed by atoms with Crippen LogP contribution >= 0.6 is 11.6 Å². The van der Waals surface area contributed by atoms with Crippen LogP contribution in [0, 0.1) is 0 Å².